The number of piperazine rings is 3. The Morgan fingerprint density at radius 1 is 1.29 bits per heavy atom. The lowest BCUT2D eigenvalue weighted by Crippen LogP contribution is -3.00. The molecule has 3 aliphatic rings. The van der Waals surface area contributed by atoms with Crippen molar-refractivity contribution in [1.29, 1.82) is 0 Å². The summed E-state index contributed by atoms with van der Waals surface area (Å²) in [5.41, 5.74) is 1.88. The smallest absolute Gasteiger partial charge is 0.279 e. The number of carbonyl (C=O) groups is 1. The molecule has 3 fully saturated rings. The number of carbonyl (C=O) groups excluding carboxylic acids is 1. The Bertz CT molecular complexity index is 514. The molecular formula is C15H21Cl2N3O. The number of nitrogens with zero attached hydrogens (tertiary/aromatic N) is 2. The van der Waals surface area contributed by atoms with Gasteiger partial charge >= 0.3 is 0 Å². The highest BCUT2D eigenvalue weighted by Gasteiger charge is 2.39. The highest BCUT2D eigenvalue weighted by Crippen LogP contribution is 2.22. The number of hydrogen-bond acceptors (Lipinski definition) is 2. The Labute approximate surface area is 137 Å². The maximum Gasteiger partial charge on any atom is 0.279 e. The number of halogens is 2. The average molecular weight is 330 g/mol. The number of amides is 1. The van der Waals surface area contributed by atoms with E-state index < -0.39 is 0 Å². The van der Waals surface area contributed by atoms with Gasteiger partial charge in [-0.15, -0.1) is 0 Å². The lowest BCUT2D eigenvalue weighted by Gasteiger charge is -2.50. The van der Waals surface area contributed by atoms with Gasteiger partial charge in [-0.3, -0.25) is 9.69 Å². The molecule has 2 bridgehead atoms. The molecule has 21 heavy (non-hydrogen) atoms. The van der Waals surface area contributed by atoms with Crippen LogP contribution in [0.1, 0.15) is 5.56 Å². The molecule has 0 radical (unpaired) electrons. The first kappa shape index (κ1) is 16.6. The van der Waals surface area contributed by atoms with Crippen molar-refractivity contribution in [3.63, 3.8) is 0 Å². The summed E-state index contributed by atoms with van der Waals surface area (Å²) in [5, 5.41) is 3.68. The first-order chi connectivity index (χ1) is 9.56. The standard InChI is InChI=1S/C15H20ClN3O.ClH/c1-12-2-3-13(16)10-14(12)17-15(20)11-19-7-4-18(5-8-19)6-9-19;/h2-3,10H,4-9,11H2,1H3;1H. The van der Waals surface area contributed by atoms with Crippen LogP contribution in [0, 0.1) is 6.92 Å². The van der Waals surface area contributed by atoms with Crippen LogP contribution in [0.4, 0.5) is 5.69 Å². The number of nitrogens with one attached hydrogen (secondary N) is 1. The molecule has 1 aromatic rings. The van der Waals surface area contributed by atoms with Gasteiger partial charge in [0.2, 0.25) is 0 Å². The van der Waals surface area contributed by atoms with Gasteiger partial charge in [0.05, 0.1) is 19.6 Å². The molecule has 0 unspecified atom stereocenters. The van der Waals surface area contributed by atoms with Crippen molar-refractivity contribution in [2.24, 2.45) is 0 Å². The summed E-state index contributed by atoms with van der Waals surface area (Å²) in [7, 11) is 0. The SMILES string of the molecule is Cc1ccc(Cl)cc1NC(=O)C[N+]12CCN(CC1)CC2.[Cl-]. The van der Waals surface area contributed by atoms with Crippen LogP contribution in [0.2, 0.25) is 5.02 Å². The number of aryl methyl sites for hydroxylation is 1. The summed E-state index contributed by atoms with van der Waals surface area (Å²) in [5.74, 6) is 0.103. The molecule has 0 aliphatic carbocycles. The molecule has 1 amide bonds. The molecule has 0 spiro atoms. The first-order valence-corrected chi connectivity index (χ1v) is 7.58. The van der Waals surface area contributed by atoms with Crippen molar-refractivity contribution >= 4 is 23.2 Å². The zero-order valence-corrected chi connectivity index (χ0v) is 13.8. The zero-order chi connectivity index (χ0) is 14.2. The van der Waals surface area contributed by atoms with E-state index in [1.165, 1.54) is 0 Å². The van der Waals surface area contributed by atoms with Gasteiger partial charge in [-0.1, -0.05) is 17.7 Å². The van der Waals surface area contributed by atoms with Crippen LogP contribution in [0.15, 0.2) is 18.2 Å². The van der Waals surface area contributed by atoms with Gasteiger partial charge in [0.15, 0.2) is 6.54 Å². The van der Waals surface area contributed by atoms with Gasteiger partial charge in [-0.2, -0.15) is 0 Å². The van der Waals surface area contributed by atoms with E-state index in [-0.39, 0.29) is 18.3 Å². The van der Waals surface area contributed by atoms with Crippen LogP contribution in [-0.2, 0) is 4.79 Å². The first-order valence-electron chi connectivity index (χ1n) is 7.20. The Kier molecular flexibility index (Phi) is 5.15. The predicted octanol–water partition coefficient (Wildman–Crippen LogP) is -1.26. The molecule has 0 atom stereocenters. The fourth-order valence-corrected chi connectivity index (χ4v) is 3.36. The normalized spacial score (nSPS) is 27.0. The van der Waals surface area contributed by atoms with Crippen LogP contribution in [0.25, 0.3) is 0 Å². The molecule has 1 N–H and O–H groups in total. The maximum atomic E-state index is 12.3. The minimum atomic E-state index is 0. The second-order valence-electron chi connectivity index (χ2n) is 6.02. The van der Waals surface area contributed by atoms with Gasteiger partial charge < -0.3 is 22.2 Å². The zero-order valence-electron chi connectivity index (χ0n) is 12.2. The quantitative estimate of drug-likeness (QED) is 0.702. The predicted molar refractivity (Wildman–Crippen MR) is 81.0 cm³/mol. The third-order valence-corrected chi connectivity index (χ3v) is 4.86. The van der Waals surface area contributed by atoms with Crippen molar-refractivity contribution in [3.8, 4) is 0 Å². The van der Waals surface area contributed by atoms with Crippen LogP contribution in [-0.4, -0.2) is 61.1 Å². The fraction of sp³-hybridized carbons (Fsp3) is 0.533. The summed E-state index contributed by atoms with van der Waals surface area (Å²) in [6, 6.07) is 5.60. The third-order valence-electron chi connectivity index (χ3n) is 4.62. The van der Waals surface area contributed by atoms with Crippen molar-refractivity contribution < 1.29 is 21.7 Å². The molecule has 3 saturated heterocycles. The summed E-state index contributed by atoms with van der Waals surface area (Å²) in [4.78, 5) is 14.8. The van der Waals surface area contributed by atoms with Crippen LogP contribution in [0.5, 0.6) is 0 Å². The number of benzene rings is 1. The number of fused-ring (bicyclic) bond motifs is 3. The number of rotatable bonds is 3. The van der Waals surface area contributed by atoms with E-state index in [2.05, 4.69) is 10.2 Å². The number of hydrogen-bond donors (Lipinski definition) is 1. The lowest BCUT2D eigenvalue weighted by molar-refractivity contribution is -0.933. The molecule has 0 aromatic heterocycles. The second-order valence-corrected chi connectivity index (χ2v) is 6.46. The Morgan fingerprint density at radius 2 is 1.90 bits per heavy atom. The molecule has 3 aliphatic heterocycles. The Morgan fingerprint density at radius 3 is 2.52 bits per heavy atom. The summed E-state index contributed by atoms with van der Waals surface area (Å²) in [6.45, 7) is 9.25. The highest BCUT2D eigenvalue weighted by atomic mass is 35.5. The summed E-state index contributed by atoms with van der Waals surface area (Å²) in [6.07, 6.45) is 0. The minimum absolute atomic E-state index is 0. The number of quaternary nitrogens is 1. The van der Waals surface area contributed by atoms with Gasteiger partial charge in [-0.25, -0.2) is 0 Å². The van der Waals surface area contributed by atoms with Crippen LogP contribution < -0.4 is 17.7 Å². The van der Waals surface area contributed by atoms with Crippen molar-refractivity contribution in [3.05, 3.63) is 28.8 Å². The van der Waals surface area contributed by atoms with Gasteiger partial charge in [0.1, 0.15) is 0 Å². The van der Waals surface area contributed by atoms with E-state index in [4.69, 9.17) is 11.6 Å². The monoisotopic (exact) mass is 329 g/mol. The summed E-state index contributed by atoms with van der Waals surface area (Å²) >= 11 is 5.99. The van der Waals surface area contributed by atoms with E-state index in [0.29, 0.717) is 11.6 Å². The molecule has 4 rings (SSSR count). The molecule has 4 nitrogen and oxygen atoms in total. The molecule has 116 valence electrons. The molecular weight excluding hydrogens is 309 g/mol. The Balaban J connectivity index is 0.00000161. The maximum absolute atomic E-state index is 12.3. The number of anilines is 1. The van der Waals surface area contributed by atoms with E-state index in [1.807, 2.05) is 25.1 Å². The van der Waals surface area contributed by atoms with Crippen LogP contribution >= 0.6 is 11.6 Å². The Hall–Kier alpha value is -0.810. The van der Waals surface area contributed by atoms with E-state index >= 15 is 0 Å². The van der Waals surface area contributed by atoms with Gasteiger partial charge in [-0.05, 0) is 24.6 Å². The molecule has 0 saturated carbocycles. The van der Waals surface area contributed by atoms with E-state index in [0.717, 1.165) is 55.0 Å². The van der Waals surface area contributed by atoms with Crippen molar-refractivity contribution in [1.82, 2.24) is 4.90 Å². The summed E-state index contributed by atoms with van der Waals surface area (Å²) < 4.78 is 0.946. The molecule has 3 heterocycles. The van der Waals surface area contributed by atoms with Crippen molar-refractivity contribution in [2.45, 2.75) is 6.92 Å². The largest absolute Gasteiger partial charge is 1.00 e. The minimum Gasteiger partial charge on any atom is -1.00 e. The lowest BCUT2D eigenvalue weighted by atomic mass is 10.1. The van der Waals surface area contributed by atoms with Crippen LogP contribution in [0.3, 0.4) is 0 Å². The van der Waals surface area contributed by atoms with E-state index in [9.17, 15) is 4.79 Å². The molecule has 6 heteroatoms. The van der Waals surface area contributed by atoms with Gasteiger partial charge in [0.25, 0.3) is 5.91 Å². The average Bonchev–Trinajstić information content (AvgIpc) is 2.44. The molecule has 1 aromatic carbocycles. The highest BCUT2D eigenvalue weighted by molar-refractivity contribution is 6.31. The van der Waals surface area contributed by atoms with Crippen molar-refractivity contribution in [2.75, 3.05) is 51.1 Å². The van der Waals surface area contributed by atoms with E-state index in [1.54, 1.807) is 0 Å². The second kappa shape index (κ2) is 6.53. The van der Waals surface area contributed by atoms with Gasteiger partial charge in [0, 0.05) is 30.3 Å². The fourth-order valence-electron chi connectivity index (χ4n) is 3.19. The third kappa shape index (κ3) is 3.69. The topological polar surface area (TPSA) is 32.3 Å².